The fraction of sp³-hybridized carbons (Fsp3) is 0.419. The van der Waals surface area contributed by atoms with Crippen LogP contribution in [0.15, 0.2) is 47.8 Å². The first-order chi connectivity index (χ1) is 19.3. The molecule has 1 aliphatic heterocycles. The highest BCUT2D eigenvalue weighted by Crippen LogP contribution is 2.48. The Balaban J connectivity index is 1.06. The highest BCUT2D eigenvalue weighted by Gasteiger charge is 2.47. The smallest absolute Gasteiger partial charge is 0.251 e. The first-order valence-corrected chi connectivity index (χ1v) is 14.9. The molecule has 1 aromatic heterocycles. The maximum Gasteiger partial charge on any atom is 0.251 e. The Bertz CT molecular complexity index is 1460. The molecule has 3 aliphatic rings. The Kier molecular flexibility index (Phi) is 7.18. The van der Waals surface area contributed by atoms with Crippen LogP contribution in [0.5, 0.6) is 0 Å². The molecule has 3 aromatic rings. The number of nitrogens with zero attached hydrogens (tertiary/aromatic N) is 2. The van der Waals surface area contributed by atoms with Crippen molar-refractivity contribution in [2.24, 2.45) is 0 Å². The molecule has 1 spiro atoms. The average molecular weight is 559 g/mol. The van der Waals surface area contributed by atoms with Crippen LogP contribution in [-0.4, -0.2) is 54.4 Å². The number of benzene rings is 2. The van der Waals surface area contributed by atoms with Crippen molar-refractivity contribution in [3.05, 3.63) is 64.5 Å². The summed E-state index contributed by atoms with van der Waals surface area (Å²) < 4.78 is 5.86. The van der Waals surface area contributed by atoms with E-state index in [1.165, 1.54) is 11.3 Å². The molecule has 9 heteroatoms. The number of fused-ring (bicyclic) bond motifs is 2. The van der Waals surface area contributed by atoms with Crippen LogP contribution in [-0.2, 0) is 26.2 Å². The van der Waals surface area contributed by atoms with Crippen LogP contribution in [0.3, 0.4) is 0 Å². The molecule has 1 saturated heterocycles. The highest BCUT2D eigenvalue weighted by molar-refractivity contribution is 7.14. The van der Waals surface area contributed by atoms with Crippen LogP contribution in [0.4, 0.5) is 10.8 Å². The molecule has 1 saturated carbocycles. The Morgan fingerprint density at radius 1 is 1.10 bits per heavy atom. The molecule has 2 amide bonds. The summed E-state index contributed by atoms with van der Waals surface area (Å²) in [6.45, 7) is 5.68. The summed E-state index contributed by atoms with van der Waals surface area (Å²) in [5, 5.41) is 7.91. The molecule has 2 heterocycles. The number of ether oxygens (including phenoxy) is 1. The first-order valence-electron chi connectivity index (χ1n) is 14.0. The number of carbonyl (C=O) groups excluding carboxylic acids is 3. The monoisotopic (exact) mass is 558 g/mol. The molecular formula is C31H34N4O4S. The average Bonchev–Trinajstić information content (AvgIpc) is 3.66. The van der Waals surface area contributed by atoms with E-state index < -0.39 is 5.41 Å². The van der Waals surface area contributed by atoms with Crippen molar-refractivity contribution in [3.63, 3.8) is 0 Å². The van der Waals surface area contributed by atoms with Gasteiger partial charge in [-0.2, -0.15) is 0 Å². The van der Waals surface area contributed by atoms with Crippen LogP contribution in [0.1, 0.15) is 61.0 Å². The molecule has 0 radical (unpaired) electrons. The van der Waals surface area contributed by atoms with E-state index in [1.54, 1.807) is 6.07 Å². The summed E-state index contributed by atoms with van der Waals surface area (Å²) >= 11 is 1.35. The number of thiazole rings is 1. The lowest BCUT2D eigenvalue weighted by Crippen LogP contribution is -2.45. The molecular weight excluding hydrogens is 524 g/mol. The summed E-state index contributed by atoms with van der Waals surface area (Å²) in [5.41, 5.74) is 5.11. The van der Waals surface area contributed by atoms with E-state index in [9.17, 15) is 14.4 Å². The van der Waals surface area contributed by atoms with Gasteiger partial charge in [-0.25, -0.2) is 4.98 Å². The predicted molar refractivity (Wildman–Crippen MR) is 156 cm³/mol. The number of amides is 2. The Morgan fingerprint density at radius 3 is 2.70 bits per heavy atom. The number of ketones is 1. The van der Waals surface area contributed by atoms with Crippen LogP contribution in [0.25, 0.3) is 11.3 Å². The lowest BCUT2D eigenvalue weighted by molar-refractivity contribution is -0.122. The van der Waals surface area contributed by atoms with Gasteiger partial charge in [0, 0.05) is 41.7 Å². The van der Waals surface area contributed by atoms with E-state index in [0.29, 0.717) is 22.9 Å². The maximum absolute atomic E-state index is 12.9. The van der Waals surface area contributed by atoms with Crippen molar-refractivity contribution in [2.75, 3.05) is 29.9 Å². The predicted octanol–water partition coefficient (Wildman–Crippen LogP) is 4.73. The maximum atomic E-state index is 12.9. The van der Waals surface area contributed by atoms with E-state index in [0.717, 1.165) is 66.8 Å². The normalized spacial score (nSPS) is 23.9. The van der Waals surface area contributed by atoms with Gasteiger partial charge < -0.3 is 20.3 Å². The van der Waals surface area contributed by atoms with E-state index in [-0.39, 0.29) is 30.6 Å². The van der Waals surface area contributed by atoms with Gasteiger partial charge in [-0.05, 0) is 74.9 Å². The second kappa shape index (κ2) is 10.8. The molecule has 8 nitrogen and oxygen atoms in total. The number of aromatic nitrogens is 1. The third-order valence-corrected chi connectivity index (χ3v) is 9.09. The number of anilines is 2. The van der Waals surface area contributed by atoms with Gasteiger partial charge in [0.15, 0.2) is 5.13 Å². The zero-order valence-electron chi connectivity index (χ0n) is 22.9. The second-order valence-corrected chi connectivity index (χ2v) is 12.1. The van der Waals surface area contributed by atoms with Crippen molar-refractivity contribution in [3.8, 4) is 11.3 Å². The summed E-state index contributed by atoms with van der Waals surface area (Å²) in [6, 6.07) is 13.8. The largest absolute Gasteiger partial charge is 0.372 e. The molecule has 6 rings (SSSR count). The quantitative estimate of drug-likeness (QED) is 0.454. The van der Waals surface area contributed by atoms with Crippen LogP contribution in [0, 0.1) is 0 Å². The fourth-order valence-corrected chi connectivity index (χ4v) is 7.22. The van der Waals surface area contributed by atoms with E-state index in [4.69, 9.17) is 4.74 Å². The number of hydrogen-bond donors (Lipinski definition) is 2. The lowest BCUT2D eigenvalue weighted by atomic mass is 9.79. The van der Waals surface area contributed by atoms with Crippen molar-refractivity contribution in [1.29, 1.82) is 0 Å². The van der Waals surface area contributed by atoms with Gasteiger partial charge >= 0.3 is 0 Å². The number of nitrogens with one attached hydrogen (secondary N) is 2. The third kappa shape index (κ3) is 5.15. The van der Waals surface area contributed by atoms with Crippen molar-refractivity contribution in [2.45, 2.75) is 63.6 Å². The minimum atomic E-state index is -0.413. The number of carbonyl (C=O) groups is 3. The molecule has 1 unspecified atom stereocenters. The Hall–Kier alpha value is -3.56. The van der Waals surface area contributed by atoms with E-state index in [2.05, 4.69) is 46.5 Å². The number of rotatable bonds is 6. The van der Waals surface area contributed by atoms with Gasteiger partial charge in [0.1, 0.15) is 5.78 Å². The van der Waals surface area contributed by atoms with Gasteiger partial charge in [-0.15, -0.1) is 11.3 Å². The zero-order valence-corrected chi connectivity index (χ0v) is 23.7. The van der Waals surface area contributed by atoms with Gasteiger partial charge in [0.05, 0.1) is 29.9 Å². The number of morpholine rings is 1. The van der Waals surface area contributed by atoms with Gasteiger partial charge in [0.2, 0.25) is 5.91 Å². The first kappa shape index (κ1) is 26.7. The summed E-state index contributed by atoms with van der Waals surface area (Å²) in [5.74, 6) is -0.375. The Labute approximate surface area is 238 Å². The van der Waals surface area contributed by atoms with Crippen molar-refractivity contribution >= 4 is 39.8 Å². The van der Waals surface area contributed by atoms with Gasteiger partial charge in [-0.1, -0.05) is 18.2 Å². The third-order valence-electron chi connectivity index (χ3n) is 8.34. The summed E-state index contributed by atoms with van der Waals surface area (Å²) in [6.07, 6.45) is 4.43. The lowest BCUT2D eigenvalue weighted by Gasteiger charge is -2.37. The fourth-order valence-electron chi connectivity index (χ4n) is 6.48. The summed E-state index contributed by atoms with van der Waals surface area (Å²) in [4.78, 5) is 45.1. The summed E-state index contributed by atoms with van der Waals surface area (Å²) in [7, 11) is 0. The van der Waals surface area contributed by atoms with Crippen molar-refractivity contribution in [1.82, 2.24) is 10.3 Å². The molecule has 40 heavy (non-hydrogen) atoms. The van der Waals surface area contributed by atoms with Gasteiger partial charge in [-0.3, -0.25) is 14.4 Å². The Morgan fingerprint density at radius 2 is 1.93 bits per heavy atom. The van der Waals surface area contributed by atoms with E-state index in [1.807, 2.05) is 29.6 Å². The number of aryl methyl sites for hydroxylation is 1. The molecule has 0 bridgehead atoms. The number of Topliss-reactive ketones (excluding diaryl/α,β-unsaturated/α-hetero) is 1. The minimum absolute atomic E-state index is 0.169. The molecule has 208 valence electrons. The zero-order chi connectivity index (χ0) is 27.9. The van der Waals surface area contributed by atoms with Crippen LogP contribution in [0.2, 0.25) is 0 Å². The van der Waals surface area contributed by atoms with Crippen LogP contribution < -0.4 is 15.5 Å². The highest BCUT2D eigenvalue weighted by atomic mass is 32.1. The minimum Gasteiger partial charge on any atom is -0.372 e. The SMILES string of the molecule is C[C@@H]1CN(c2cccc(-c3csc(NC(=O)CNC(=O)c4ccc5c(c4)C4(CCCC4=O)CC5)n3)c2)C[C@H](C)O1. The molecule has 2 fully saturated rings. The standard InChI is InChI=1S/C31H34N4O4S/c1-19-16-35(17-20(2)39-19)24-6-3-5-22(13-24)26-18-40-30(33-26)34-28(37)15-32-29(38)23-9-8-21-10-12-31(25(21)14-23)11-4-7-27(31)36/h3,5-6,8-9,13-14,18-20H,4,7,10-12,15-17H2,1-2H3,(H,32,38)(H,33,34,37)/t19-,20+,31?. The molecule has 2 aromatic carbocycles. The molecule has 2 aliphatic carbocycles. The molecule has 3 atom stereocenters. The molecule has 2 N–H and O–H groups in total. The van der Waals surface area contributed by atoms with Crippen LogP contribution >= 0.6 is 11.3 Å². The van der Waals surface area contributed by atoms with E-state index >= 15 is 0 Å². The number of hydrogen-bond acceptors (Lipinski definition) is 7. The van der Waals surface area contributed by atoms with Gasteiger partial charge in [0.25, 0.3) is 5.91 Å². The second-order valence-electron chi connectivity index (χ2n) is 11.2. The topological polar surface area (TPSA) is 101 Å². The van der Waals surface area contributed by atoms with Crippen molar-refractivity contribution < 1.29 is 19.1 Å².